The number of aliphatic hydroxyl groups excluding tert-OH is 1. The Labute approximate surface area is 77.9 Å². The van der Waals surface area contributed by atoms with Crippen LogP contribution in [-0.4, -0.2) is 10.0 Å². The van der Waals surface area contributed by atoms with Crippen LogP contribution < -0.4 is 0 Å². The molecule has 0 aliphatic rings. The molecule has 0 saturated carbocycles. The summed E-state index contributed by atoms with van der Waals surface area (Å²) < 4.78 is 25.6. The molecule has 0 radical (unpaired) electrons. The first kappa shape index (κ1) is 10.5. The topological polar surface area (TPSA) is 63.4 Å². The lowest BCUT2D eigenvalue weighted by Gasteiger charge is -2.04. The van der Waals surface area contributed by atoms with Gasteiger partial charge in [-0.1, -0.05) is 0 Å². The Hall–Kier alpha value is -1.56. The van der Waals surface area contributed by atoms with Crippen molar-refractivity contribution in [1.82, 2.24) is 0 Å². The number of nitro benzene ring substituents is 1. The first-order chi connectivity index (χ1) is 6.43. The minimum atomic E-state index is -1.51. The van der Waals surface area contributed by atoms with Crippen LogP contribution in [0, 0.1) is 21.7 Å². The molecule has 0 aliphatic heterocycles. The predicted octanol–water partition coefficient (Wildman–Crippen LogP) is 1.93. The third kappa shape index (κ3) is 1.85. The van der Waals surface area contributed by atoms with Crippen molar-refractivity contribution in [1.29, 1.82) is 0 Å². The molecule has 4 nitrogen and oxygen atoms in total. The van der Waals surface area contributed by atoms with Crippen molar-refractivity contribution in [2.75, 3.05) is 0 Å². The summed E-state index contributed by atoms with van der Waals surface area (Å²) in [5, 5.41) is 19.3. The van der Waals surface area contributed by atoms with Gasteiger partial charge in [-0.3, -0.25) is 10.1 Å². The standard InChI is InChI=1S/C8H7F2NO3/c1-4(12)5-2-6(9)8(10)7(3-5)11(13)14/h2-4,12H,1H3. The Balaban J connectivity index is 3.35. The molecule has 0 bridgehead atoms. The monoisotopic (exact) mass is 203 g/mol. The normalized spacial score (nSPS) is 12.6. The first-order valence-electron chi connectivity index (χ1n) is 3.75. The Morgan fingerprint density at radius 1 is 1.50 bits per heavy atom. The third-order valence-corrected chi connectivity index (χ3v) is 1.71. The summed E-state index contributed by atoms with van der Waals surface area (Å²) in [5.41, 5.74) is -1.00. The molecule has 0 heterocycles. The fourth-order valence-electron chi connectivity index (χ4n) is 0.969. The largest absolute Gasteiger partial charge is 0.389 e. The van der Waals surface area contributed by atoms with Gasteiger partial charge in [0.1, 0.15) is 0 Å². The molecule has 0 fully saturated rings. The average molecular weight is 203 g/mol. The van der Waals surface area contributed by atoms with E-state index in [2.05, 4.69) is 0 Å². The molecule has 1 atom stereocenters. The van der Waals surface area contributed by atoms with Crippen molar-refractivity contribution in [3.8, 4) is 0 Å². The van der Waals surface area contributed by atoms with Crippen LogP contribution in [-0.2, 0) is 0 Å². The molecule has 0 spiro atoms. The van der Waals surface area contributed by atoms with Crippen LogP contribution in [0.3, 0.4) is 0 Å². The number of nitrogens with zero attached hydrogens (tertiary/aromatic N) is 1. The van der Waals surface area contributed by atoms with Crippen molar-refractivity contribution >= 4 is 5.69 Å². The fraction of sp³-hybridized carbons (Fsp3) is 0.250. The first-order valence-corrected chi connectivity index (χ1v) is 3.75. The summed E-state index contributed by atoms with van der Waals surface area (Å²) in [7, 11) is 0. The minimum absolute atomic E-state index is 0.0319. The van der Waals surface area contributed by atoms with E-state index in [1.807, 2.05) is 0 Å². The molecular weight excluding hydrogens is 196 g/mol. The Bertz CT molecular complexity index is 379. The van der Waals surface area contributed by atoms with Gasteiger partial charge in [0, 0.05) is 6.07 Å². The average Bonchev–Trinajstić information content (AvgIpc) is 2.08. The summed E-state index contributed by atoms with van der Waals surface area (Å²) in [6.07, 6.45) is -1.08. The second-order valence-corrected chi connectivity index (χ2v) is 2.77. The van der Waals surface area contributed by atoms with Crippen molar-refractivity contribution in [2.45, 2.75) is 13.0 Å². The van der Waals surface area contributed by atoms with Gasteiger partial charge in [-0.05, 0) is 18.6 Å². The maximum absolute atomic E-state index is 12.8. The molecule has 1 rings (SSSR count). The van der Waals surface area contributed by atoms with Crippen LogP contribution in [0.5, 0.6) is 0 Å². The van der Waals surface area contributed by atoms with Gasteiger partial charge in [0.05, 0.1) is 11.0 Å². The summed E-state index contributed by atoms with van der Waals surface area (Å²) in [4.78, 5) is 9.23. The maximum Gasteiger partial charge on any atom is 0.308 e. The predicted molar refractivity (Wildman–Crippen MR) is 43.6 cm³/mol. The molecular formula is C8H7F2NO3. The summed E-state index contributed by atoms with van der Waals surface area (Å²) in [6.45, 7) is 1.30. The molecule has 6 heteroatoms. The van der Waals surface area contributed by atoms with Gasteiger partial charge >= 0.3 is 5.69 Å². The van der Waals surface area contributed by atoms with E-state index in [1.165, 1.54) is 6.92 Å². The van der Waals surface area contributed by atoms with E-state index < -0.39 is 28.3 Å². The van der Waals surface area contributed by atoms with E-state index >= 15 is 0 Å². The number of hydrogen-bond donors (Lipinski definition) is 1. The zero-order valence-corrected chi connectivity index (χ0v) is 7.20. The lowest BCUT2D eigenvalue weighted by Crippen LogP contribution is -2.00. The van der Waals surface area contributed by atoms with Crippen molar-refractivity contribution in [3.05, 3.63) is 39.4 Å². The lowest BCUT2D eigenvalue weighted by atomic mass is 10.1. The van der Waals surface area contributed by atoms with Crippen molar-refractivity contribution < 1.29 is 18.8 Å². The van der Waals surface area contributed by atoms with E-state index in [9.17, 15) is 18.9 Å². The molecule has 1 aromatic rings. The van der Waals surface area contributed by atoms with E-state index in [4.69, 9.17) is 5.11 Å². The van der Waals surface area contributed by atoms with Crippen LogP contribution in [0.25, 0.3) is 0 Å². The molecule has 0 aromatic heterocycles. The Morgan fingerprint density at radius 2 is 2.07 bits per heavy atom. The highest BCUT2D eigenvalue weighted by Gasteiger charge is 2.21. The molecule has 1 N–H and O–H groups in total. The smallest absolute Gasteiger partial charge is 0.308 e. The number of benzene rings is 1. The Morgan fingerprint density at radius 3 is 2.50 bits per heavy atom. The van der Waals surface area contributed by atoms with Gasteiger partial charge in [-0.15, -0.1) is 0 Å². The molecule has 76 valence electrons. The van der Waals surface area contributed by atoms with E-state index in [0.29, 0.717) is 0 Å². The van der Waals surface area contributed by atoms with Gasteiger partial charge in [-0.2, -0.15) is 4.39 Å². The summed E-state index contributed by atoms with van der Waals surface area (Å²) in [6, 6.07) is 1.54. The lowest BCUT2D eigenvalue weighted by molar-refractivity contribution is -0.387. The molecule has 0 aliphatic carbocycles. The van der Waals surface area contributed by atoms with Gasteiger partial charge in [-0.25, -0.2) is 4.39 Å². The van der Waals surface area contributed by atoms with E-state index in [0.717, 1.165) is 12.1 Å². The van der Waals surface area contributed by atoms with Gasteiger partial charge in [0.25, 0.3) is 0 Å². The Kier molecular flexibility index (Phi) is 2.76. The second kappa shape index (κ2) is 3.67. The van der Waals surface area contributed by atoms with Crippen LogP contribution >= 0.6 is 0 Å². The fourth-order valence-corrected chi connectivity index (χ4v) is 0.969. The van der Waals surface area contributed by atoms with Crippen LogP contribution in [0.2, 0.25) is 0 Å². The van der Waals surface area contributed by atoms with Gasteiger partial charge in [0.2, 0.25) is 5.82 Å². The van der Waals surface area contributed by atoms with Crippen LogP contribution in [0.4, 0.5) is 14.5 Å². The third-order valence-electron chi connectivity index (χ3n) is 1.71. The van der Waals surface area contributed by atoms with Crippen molar-refractivity contribution in [2.24, 2.45) is 0 Å². The summed E-state index contributed by atoms with van der Waals surface area (Å²) in [5.74, 6) is -2.85. The molecule has 0 amide bonds. The van der Waals surface area contributed by atoms with Gasteiger partial charge in [0.15, 0.2) is 5.82 Å². The molecule has 1 aromatic carbocycles. The quantitative estimate of drug-likeness (QED) is 0.590. The number of hydrogen-bond acceptors (Lipinski definition) is 3. The molecule has 0 saturated heterocycles. The van der Waals surface area contributed by atoms with Crippen molar-refractivity contribution in [3.63, 3.8) is 0 Å². The van der Waals surface area contributed by atoms with Crippen LogP contribution in [0.1, 0.15) is 18.6 Å². The highest BCUT2D eigenvalue weighted by atomic mass is 19.2. The molecule has 14 heavy (non-hydrogen) atoms. The second-order valence-electron chi connectivity index (χ2n) is 2.77. The van der Waals surface area contributed by atoms with E-state index in [1.54, 1.807) is 0 Å². The minimum Gasteiger partial charge on any atom is -0.389 e. The SMILES string of the molecule is CC(O)c1cc(F)c(F)c([N+](=O)[O-])c1. The number of aliphatic hydroxyl groups is 1. The van der Waals surface area contributed by atoms with Crippen LogP contribution in [0.15, 0.2) is 12.1 Å². The number of rotatable bonds is 2. The van der Waals surface area contributed by atoms with E-state index in [-0.39, 0.29) is 5.56 Å². The number of nitro groups is 1. The molecule has 1 unspecified atom stereocenters. The summed E-state index contributed by atoms with van der Waals surface area (Å²) >= 11 is 0. The zero-order chi connectivity index (χ0) is 10.9. The zero-order valence-electron chi connectivity index (χ0n) is 7.20. The highest BCUT2D eigenvalue weighted by Crippen LogP contribution is 2.25. The number of halogens is 2. The van der Waals surface area contributed by atoms with Gasteiger partial charge < -0.3 is 5.11 Å². The maximum atomic E-state index is 12.8. The highest BCUT2D eigenvalue weighted by molar-refractivity contribution is 5.37.